The van der Waals surface area contributed by atoms with Gasteiger partial charge in [-0.2, -0.15) is 0 Å². The quantitative estimate of drug-likeness (QED) is 0.561. The predicted molar refractivity (Wildman–Crippen MR) is 56.8 cm³/mol. The molecule has 1 rings (SSSR count). The lowest BCUT2D eigenvalue weighted by atomic mass is 10.3. The Morgan fingerprint density at radius 2 is 1.85 bits per heavy atom. The van der Waals surface area contributed by atoms with Crippen molar-refractivity contribution in [2.75, 3.05) is 11.9 Å². The molecule has 0 aliphatic rings. The van der Waals surface area contributed by atoms with Crippen LogP contribution in [0.4, 0.5) is 5.69 Å². The number of nitrogens with zero attached hydrogens (tertiary/aromatic N) is 1. The Balaban J connectivity index is 3.20. The highest BCUT2D eigenvalue weighted by molar-refractivity contribution is 6.39. The van der Waals surface area contributed by atoms with E-state index in [0.717, 1.165) is 0 Å². The zero-order valence-corrected chi connectivity index (χ0v) is 8.52. The molecular formula is C8H9Cl2N3. The Bertz CT molecular complexity index is 318. The van der Waals surface area contributed by atoms with E-state index in [-0.39, 0.29) is 5.96 Å². The fourth-order valence-corrected chi connectivity index (χ4v) is 1.58. The molecule has 1 aromatic rings. The minimum absolute atomic E-state index is 0.102. The molecule has 3 nitrogen and oxygen atoms in total. The second-order valence-electron chi connectivity index (χ2n) is 2.51. The molecule has 1 aromatic carbocycles. The molecule has 0 amide bonds. The second-order valence-corrected chi connectivity index (χ2v) is 3.33. The molecule has 0 atom stereocenters. The molecule has 0 unspecified atom stereocenters. The number of para-hydroxylation sites is 1. The highest BCUT2D eigenvalue weighted by Crippen LogP contribution is 2.32. The number of nitrogens with one attached hydrogen (secondary N) is 1. The van der Waals surface area contributed by atoms with Crippen molar-refractivity contribution in [3.63, 3.8) is 0 Å². The van der Waals surface area contributed by atoms with Crippen LogP contribution in [0.3, 0.4) is 0 Å². The summed E-state index contributed by atoms with van der Waals surface area (Å²) in [5.41, 5.74) is 5.85. The maximum absolute atomic E-state index is 7.22. The largest absolute Gasteiger partial charge is 0.370 e. The van der Waals surface area contributed by atoms with Crippen LogP contribution in [0, 0.1) is 5.41 Å². The maximum Gasteiger partial charge on any atom is 0.192 e. The van der Waals surface area contributed by atoms with Crippen LogP contribution in [-0.2, 0) is 0 Å². The molecule has 0 fully saturated rings. The van der Waals surface area contributed by atoms with Crippen LogP contribution in [0.15, 0.2) is 18.2 Å². The van der Waals surface area contributed by atoms with E-state index < -0.39 is 0 Å². The van der Waals surface area contributed by atoms with Crippen LogP contribution < -0.4 is 10.6 Å². The van der Waals surface area contributed by atoms with Crippen molar-refractivity contribution in [3.8, 4) is 0 Å². The van der Waals surface area contributed by atoms with Crippen molar-refractivity contribution in [1.29, 1.82) is 5.41 Å². The summed E-state index contributed by atoms with van der Waals surface area (Å²) in [6.45, 7) is 0. The average Bonchev–Trinajstić information content (AvgIpc) is 2.03. The van der Waals surface area contributed by atoms with Crippen molar-refractivity contribution in [2.24, 2.45) is 5.73 Å². The first-order chi connectivity index (χ1) is 6.04. The molecule has 0 aliphatic heterocycles. The number of nitrogens with two attached hydrogens (primary N) is 1. The number of halogens is 2. The SMILES string of the molecule is CN(C(=N)N)c1c(Cl)cccc1Cl. The van der Waals surface area contributed by atoms with E-state index in [1.807, 2.05) is 0 Å². The lowest BCUT2D eigenvalue weighted by Crippen LogP contribution is -2.33. The van der Waals surface area contributed by atoms with Crippen LogP contribution in [0.2, 0.25) is 10.0 Å². The Labute approximate surface area is 86.6 Å². The summed E-state index contributed by atoms with van der Waals surface area (Å²) in [6.07, 6.45) is 0. The first kappa shape index (κ1) is 10.2. The third-order valence-corrected chi connectivity index (χ3v) is 2.24. The molecule has 13 heavy (non-hydrogen) atoms. The number of benzene rings is 1. The Morgan fingerprint density at radius 3 is 2.23 bits per heavy atom. The number of anilines is 1. The molecule has 0 bridgehead atoms. The van der Waals surface area contributed by atoms with Gasteiger partial charge in [-0.15, -0.1) is 0 Å². The van der Waals surface area contributed by atoms with Gasteiger partial charge in [0.15, 0.2) is 5.96 Å². The predicted octanol–water partition coefficient (Wildman–Crippen LogP) is 2.32. The van der Waals surface area contributed by atoms with Crippen LogP contribution in [-0.4, -0.2) is 13.0 Å². The zero-order chi connectivity index (χ0) is 10.0. The lowest BCUT2D eigenvalue weighted by molar-refractivity contribution is 1.20. The van der Waals surface area contributed by atoms with Crippen molar-refractivity contribution >= 4 is 34.8 Å². The van der Waals surface area contributed by atoms with Crippen molar-refractivity contribution < 1.29 is 0 Å². The maximum atomic E-state index is 7.22. The van der Waals surface area contributed by atoms with E-state index in [4.69, 9.17) is 34.3 Å². The minimum Gasteiger partial charge on any atom is -0.370 e. The summed E-state index contributed by atoms with van der Waals surface area (Å²) in [7, 11) is 1.63. The Hall–Kier alpha value is -0.930. The molecule has 5 heteroatoms. The third-order valence-electron chi connectivity index (χ3n) is 1.63. The van der Waals surface area contributed by atoms with Gasteiger partial charge in [0.1, 0.15) is 0 Å². The second kappa shape index (κ2) is 3.85. The van der Waals surface area contributed by atoms with Crippen molar-refractivity contribution in [3.05, 3.63) is 28.2 Å². The van der Waals surface area contributed by atoms with Gasteiger partial charge in [0.2, 0.25) is 0 Å². The summed E-state index contributed by atoms with van der Waals surface area (Å²) in [4.78, 5) is 1.42. The fraction of sp³-hybridized carbons (Fsp3) is 0.125. The average molecular weight is 218 g/mol. The van der Waals surface area contributed by atoms with E-state index in [0.29, 0.717) is 15.7 Å². The van der Waals surface area contributed by atoms with Gasteiger partial charge < -0.3 is 10.6 Å². The number of hydrogen-bond donors (Lipinski definition) is 2. The first-order valence-corrected chi connectivity index (χ1v) is 4.31. The van der Waals surface area contributed by atoms with E-state index in [2.05, 4.69) is 0 Å². The molecule has 0 aliphatic carbocycles. The van der Waals surface area contributed by atoms with Gasteiger partial charge >= 0.3 is 0 Å². The summed E-state index contributed by atoms with van der Waals surface area (Å²) < 4.78 is 0. The van der Waals surface area contributed by atoms with Crippen molar-refractivity contribution in [2.45, 2.75) is 0 Å². The normalized spacial score (nSPS) is 9.77. The van der Waals surface area contributed by atoms with Gasteiger partial charge in [0, 0.05) is 7.05 Å². The van der Waals surface area contributed by atoms with Gasteiger partial charge in [0.25, 0.3) is 0 Å². The molecular weight excluding hydrogens is 209 g/mol. The van der Waals surface area contributed by atoms with Crippen molar-refractivity contribution in [1.82, 2.24) is 0 Å². The van der Waals surface area contributed by atoms with Gasteiger partial charge in [-0.05, 0) is 12.1 Å². The van der Waals surface area contributed by atoms with Crippen LogP contribution in [0.1, 0.15) is 0 Å². The van der Waals surface area contributed by atoms with E-state index in [1.165, 1.54) is 4.90 Å². The summed E-state index contributed by atoms with van der Waals surface area (Å²) in [5, 5.41) is 8.17. The number of hydrogen-bond acceptors (Lipinski definition) is 1. The van der Waals surface area contributed by atoms with E-state index >= 15 is 0 Å². The Morgan fingerprint density at radius 1 is 1.38 bits per heavy atom. The molecule has 0 saturated carbocycles. The third kappa shape index (κ3) is 2.05. The highest BCUT2D eigenvalue weighted by atomic mass is 35.5. The fourth-order valence-electron chi connectivity index (χ4n) is 0.930. The minimum atomic E-state index is -0.102. The number of rotatable bonds is 1. The van der Waals surface area contributed by atoms with E-state index in [9.17, 15) is 0 Å². The highest BCUT2D eigenvalue weighted by Gasteiger charge is 2.11. The lowest BCUT2D eigenvalue weighted by Gasteiger charge is -2.19. The molecule has 0 saturated heterocycles. The monoisotopic (exact) mass is 217 g/mol. The first-order valence-electron chi connectivity index (χ1n) is 3.56. The summed E-state index contributed by atoms with van der Waals surface area (Å²) >= 11 is 11.8. The summed E-state index contributed by atoms with van der Waals surface area (Å²) in [6, 6.07) is 5.13. The van der Waals surface area contributed by atoms with Gasteiger partial charge in [-0.3, -0.25) is 5.41 Å². The zero-order valence-electron chi connectivity index (χ0n) is 7.01. The van der Waals surface area contributed by atoms with Gasteiger partial charge in [0.05, 0.1) is 15.7 Å². The smallest absolute Gasteiger partial charge is 0.192 e. The molecule has 0 radical (unpaired) electrons. The molecule has 0 heterocycles. The standard InChI is InChI=1S/C8H9Cl2N3/c1-13(8(11)12)7-5(9)3-2-4-6(7)10/h2-4H,1H3,(H3,11,12). The molecule has 3 N–H and O–H groups in total. The molecule has 70 valence electrons. The van der Waals surface area contributed by atoms with Crippen LogP contribution in [0.25, 0.3) is 0 Å². The van der Waals surface area contributed by atoms with Gasteiger partial charge in [-0.25, -0.2) is 0 Å². The van der Waals surface area contributed by atoms with Gasteiger partial charge in [-0.1, -0.05) is 29.3 Å². The van der Waals surface area contributed by atoms with Crippen LogP contribution in [0.5, 0.6) is 0 Å². The molecule has 0 aromatic heterocycles. The van der Waals surface area contributed by atoms with Crippen LogP contribution >= 0.6 is 23.2 Å². The summed E-state index contributed by atoms with van der Waals surface area (Å²) in [5.74, 6) is -0.102. The number of guanidine groups is 1. The van der Waals surface area contributed by atoms with E-state index in [1.54, 1.807) is 25.2 Å². The topological polar surface area (TPSA) is 53.1 Å². The Kier molecular flexibility index (Phi) is 3.01. The molecule has 0 spiro atoms.